The first-order valence-electron chi connectivity index (χ1n) is 4.74. The Kier molecular flexibility index (Phi) is 3.98. The van der Waals surface area contributed by atoms with Crippen LogP contribution in [0.2, 0.25) is 0 Å². The third-order valence-corrected chi connectivity index (χ3v) is 2.07. The Labute approximate surface area is 96.1 Å². The molecule has 0 radical (unpaired) electrons. The molecule has 0 spiro atoms. The number of hydrogen-bond acceptors (Lipinski definition) is 3. The van der Waals surface area contributed by atoms with E-state index in [2.05, 4.69) is 9.47 Å². The second-order valence-electron chi connectivity index (χ2n) is 3.36. The maximum atomic E-state index is 12.2. The molecule has 0 saturated carbocycles. The van der Waals surface area contributed by atoms with Crippen LogP contribution in [0.15, 0.2) is 18.2 Å². The number of carbonyl (C=O) groups is 1. The first kappa shape index (κ1) is 13.3. The Balaban J connectivity index is 3.04. The molecule has 1 rings (SSSR count). The first-order chi connectivity index (χ1) is 7.83. The molecule has 1 aromatic carbocycles. The number of methoxy groups -OCH3 is 1. The van der Waals surface area contributed by atoms with Crippen molar-refractivity contribution in [1.29, 1.82) is 0 Å². The minimum atomic E-state index is -4.78. The van der Waals surface area contributed by atoms with Gasteiger partial charge in [-0.05, 0) is 12.5 Å². The Morgan fingerprint density at radius 2 is 2.00 bits per heavy atom. The highest BCUT2D eigenvalue weighted by Crippen LogP contribution is 2.30. The van der Waals surface area contributed by atoms with Crippen molar-refractivity contribution in [3.8, 4) is 5.75 Å². The molecule has 0 aromatic heterocycles. The number of alkyl halides is 3. The van der Waals surface area contributed by atoms with Crippen molar-refractivity contribution in [2.75, 3.05) is 7.11 Å². The molecule has 0 N–H and O–H groups in total. The molecule has 0 aliphatic heterocycles. The fourth-order valence-electron chi connectivity index (χ4n) is 1.34. The van der Waals surface area contributed by atoms with Crippen LogP contribution in [0.25, 0.3) is 0 Å². The Hall–Kier alpha value is -1.72. The van der Waals surface area contributed by atoms with Gasteiger partial charge in [0, 0.05) is 5.56 Å². The van der Waals surface area contributed by atoms with Crippen LogP contribution in [-0.4, -0.2) is 19.4 Å². The summed E-state index contributed by atoms with van der Waals surface area (Å²) in [5.74, 6) is -0.965. The normalized spacial score (nSPS) is 11.1. The molecule has 0 bridgehead atoms. The third-order valence-electron chi connectivity index (χ3n) is 2.07. The molecular formula is C11H11F3O3. The SMILES string of the molecule is COC(=O)Cc1cccc(C)c1OC(F)(F)F. The van der Waals surface area contributed by atoms with E-state index in [-0.39, 0.29) is 17.7 Å². The van der Waals surface area contributed by atoms with Crippen molar-refractivity contribution >= 4 is 5.97 Å². The van der Waals surface area contributed by atoms with E-state index in [1.807, 2.05) is 0 Å². The first-order valence-corrected chi connectivity index (χ1v) is 4.74. The van der Waals surface area contributed by atoms with Gasteiger partial charge in [-0.25, -0.2) is 0 Å². The van der Waals surface area contributed by atoms with E-state index >= 15 is 0 Å². The van der Waals surface area contributed by atoms with Crippen LogP contribution in [0.3, 0.4) is 0 Å². The van der Waals surface area contributed by atoms with Gasteiger partial charge in [0.05, 0.1) is 13.5 Å². The Morgan fingerprint density at radius 1 is 1.35 bits per heavy atom. The molecule has 6 heteroatoms. The van der Waals surface area contributed by atoms with E-state index in [9.17, 15) is 18.0 Å². The maximum absolute atomic E-state index is 12.2. The number of benzene rings is 1. The number of rotatable bonds is 3. The van der Waals surface area contributed by atoms with E-state index in [1.54, 1.807) is 6.07 Å². The Bertz CT molecular complexity index is 413. The fourth-order valence-corrected chi connectivity index (χ4v) is 1.34. The summed E-state index contributed by atoms with van der Waals surface area (Å²) < 4.78 is 44.9. The third kappa shape index (κ3) is 3.97. The second-order valence-corrected chi connectivity index (χ2v) is 3.36. The number of esters is 1. The molecule has 94 valence electrons. The van der Waals surface area contributed by atoms with Gasteiger partial charge in [0.25, 0.3) is 0 Å². The summed E-state index contributed by atoms with van der Waals surface area (Å²) in [4.78, 5) is 11.1. The zero-order chi connectivity index (χ0) is 13.1. The average molecular weight is 248 g/mol. The zero-order valence-electron chi connectivity index (χ0n) is 9.30. The van der Waals surface area contributed by atoms with Crippen molar-refractivity contribution in [3.05, 3.63) is 29.3 Å². The van der Waals surface area contributed by atoms with Crippen LogP contribution in [0, 0.1) is 6.92 Å². The van der Waals surface area contributed by atoms with Crippen molar-refractivity contribution in [1.82, 2.24) is 0 Å². The van der Waals surface area contributed by atoms with Gasteiger partial charge in [0.15, 0.2) is 0 Å². The summed E-state index contributed by atoms with van der Waals surface area (Å²) in [6, 6.07) is 4.42. The molecular weight excluding hydrogens is 237 g/mol. The monoisotopic (exact) mass is 248 g/mol. The topological polar surface area (TPSA) is 35.5 Å². The highest BCUT2D eigenvalue weighted by atomic mass is 19.4. The number of halogens is 3. The number of carbonyl (C=O) groups excluding carboxylic acids is 1. The summed E-state index contributed by atoms with van der Waals surface area (Å²) in [5, 5.41) is 0. The number of hydrogen-bond donors (Lipinski definition) is 0. The molecule has 0 heterocycles. The van der Waals surface area contributed by atoms with Crippen molar-refractivity contribution < 1.29 is 27.4 Å². The van der Waals surface area contributed by atoms with E-state index in [0.29, 0.717) is 5.56 Å². The second kappa shape index (κ2) is 5.07. The maximum Gasteiger partial charge on any atom is 0.573 e. The standard InChI is InChI=1S/C11H11F3O3/c1-7-4-3-5-8(6-9(15)16-2)10(7)17-11(12,13)14/h3-5H,6H2,1-2H3. The predicted octanol–water partition coefficient (Wildman–Crippen LogP) is 2.61. The lowest BCUT2D eigenvalue weighted by Gasteiger charge is -2.14. The van der Waals surface area contributed by atoms with Gasteiger partial charge in [-0.3, -0.25) is 4.79 Å². The smallest absolute Gasteiger partial charge is 0.469 e. The van der Waals surface area contributed by atoms with Crippen molar-refractivity contribution in [2.45, 2.75) is 19.7 Å². The summed E-state index contributed by atoms with van der Waals surface area (Å²) in [6.45, 7) is 1.47. The van der Waals surface area contributed by atoms with Crippen molar-refractivity contribution in [3.63, 3.8) is 0 Å². The predicted molar refractivity (Wildman–Crippen MR) is 53.6 cm³/mol. The quantitative estimate of drug-likeness (QED) is 0.771. The lowest BCUT2D eigenvalue weighted by molar-refractivity contribution is -0.275. The molecule has 0 amide bonds. The van der Waals surface area contributed by atoms with E-state index in [4.69, 9.17) is 0 Å². The Morgan fingerprint density at radius 3 is 2.53 bits per heavy atom. The number of para-hydroxylation sites is 1. The fraction of sp³-hybridized carbons (Fsp3) is 0.364. The summed E-state index contributed by atoms with van der Waals surface area (Å²) in [6.07, 6.45) is -5.04. The van der Waals surface area contributed by atoms with Gasteiger partial charge in [-0.15, -0.1) is 13.2 Å². The molecule has 0 saturated heterocycles. The van der Waals surface area contributed by atoms with Crippen LogP contribution in [0.1, 0.15) is 11.1 Å². The molecule has 17 heavy (non-hydrogen) atoms. The van der Waals surface area contributed by atoms with Crippen LogP contribution in [0.5, 0.6) is 5.75 Å². The highest BCUT2D eigenvalue weighted by Gasteiger charge is 2.33. The van der Waals surface area contributed by atoms with Gasteiger partial charge in [-0.1, -0.05) is 18.2 Å². The molecule has 0 fully saturated rings. The van der Waals surface area contributed by atoms with Crippen LogP contribution < -0.4 is 4.74 Å². The van der Waals surface area contributed by atoms with Gasteiger partial charge >= 0.3 is 12.3 Å². The summed E-state index contributed by atoms with van der Waals surface area (Å²) >= 11 is 0. The molecule has 1 aromatic rings. The van der Waals surface area contributed by atoms with E-state index in [0.717, 1.165) is 0 Å². The highest BCUT2D eigenvalue weighted by molar-refractivity contribution is 5.73. The molecule has 0 aliphatic rings. The largest absolute Gasteiger partial charge is 0.573 e. The van der Waals surface area contributed by atoms with Gasteiger partial charge in [0.2, 0.25) is 0 Å². The summed E-state index contributed by atoms with van der Waals surface area (Å²) in [5.41, 5.74) is 0.456. The lowest BCUT2D eigenvalue weighted by Crippen LogP contribution is -2.19. The minimum Gasteiger partial charge on any atom is -0.469 e. The number of aryl methyl sites for hydroxylation is 1. The van der Waals surface area contributed by atoms with Gasteiger partial charge in [-0.2, -0.15) is 0 Å². The number of ether oxygens (including phenoxy) is 2. The van der Waals surface area contributed by atoms with Crippen LogP contribution in [-0.2, 0) is 16.0 Å². The van der Waals surface area contributed by atoms with Gasteiger partial charge < -0.3 is 9.47 Å². The van der Waals surface area contributed by atoms with E-state index < -0.39 is 12.3 Å². The van der Waals surface area contributed by atoms with Crippen LogP contribution in [0.4, 0.5) is 13.2 Å². The van der Waals surface area contributed by atoms with Gasteiger partial charge in [0.1, 0.15) is 5.75 Å². The van der Waals surface area contributed by atoms with Crippen LogP contribution >= 0.6 is 0 Å². The molecule has 0 aliphatic carbocycles. The zero-order valence-corrected chi connectivity index (χ0v) is 9.30. The van der Waals surface area contributed by atoms with E-state index in [1.165, 1.54) is 26.2 Å². The molecule has 0 unspecified atom stereocenters. The summed E-state index contributed by atoms with van der Waals surface area (Å²) in [7, 11) is 1.17. The minimum absolute atomic E-state index is 0.147. The molecule has 0 atom stereocenters. The van der Waals surface area contributed by atoms with Crippen molar-refractivity contribution in [2.24, 2.45) is 0 Å². The lowest BCUT2D eigenvalue weighted by atomic mass is 10.1. The average Bonchev–Trinajstić information content (AvgIpc) is 2.21. The molecule has 3 nitrogen and oxygen atoms in total.